The van der Waals surface area contributed by atoms with Crippen molar-refractivity contribution in [3.8, 4) is 0 Å². The second-order valence-corrected chi connectivity index (χ2v) is 5.90. The molecule has 1 aliphatic rings. The molecule has 0 spiro atoms. The number of aliphatic imine (C=N–C) groups is 2. The monoisotopic (exact) mass is 283 g/mol. The first-order valence-electron chi connectivity index (χ1n) is 8.32. The molecular formula is C19H27N2+. The summed E-state index contributed by atoms with van der Waals surface area (Å²) >= 11 is 0. The lowest BCUT2D eigenvalue weighted by atomic mass is 9.79. The summed E-state index contributed by atoms with van der Waals surface area (Å²) in [7, 11) is 0. The highest BCUT2D eigenvalue weighted by atomic mass is 15.0. The maximum absolute atomic E-state index is 4.49. The highest BCUT2D eigenvalue weighted by molar-refractivity contribution is 6.18. The lowest BCUT2D eigenvalue weighted by molar-refractivity contribution is 0.292. The van der Waals surface area contributed by atoms with Crippen LogP contribution in [0.15, 0.2) is 40.3 Å². The average Bonchev–Trinajstić information content (AvgIpc) is 3.04. The maximum Gasteiger partial charge on any atom is 0.244 e. The number of nitrogens with zero attached hydrogens (tertiary/aromatic N) is 2. The number of benzene rings is 1. The van der Waals surface area contributed by atoms with Gasteiger partial charge in [-0.15, -0.1) is 0 Å². The second-order valence-electron chi connectivity index (χ2n) is 5.90. The molecule has 0 N–H and O–H groups in total. The molecule has 1 aliphatic heterocycles. The van der Waals surface area contributed by atoms with Gasteiger partial charge >= 0.3 is 0 Å². The molecule has 2 unspecified atom stereocenters. The van der Waals surface area contributed by atoms with Crippen molar-refractivity contribution >= 4 is 12.4 Å². The van der Waals surface area contributed by atoms with Gasteiger partial charge in [-0.2, -0.15) is 0 Å². The summed E-state index contributed by atoms with van der Waals surface area (Å²) in [5.41, 5.74) is 1.44. The van der Waals surface area contributed by atoms with Gasteiger partial charge in [-0.1, -0.05) is 73.4 Å². The van der Waals surface area contributed by atoms with Gasteiger partial charge in [-0.3, -0.25) is 0 Å². The minimum Gasteiger partial charge on any atom is -0.0965 e. The van der Waals surface area contributed by atoms with E-state index in [0.717, 1.165) is 12.6 Å². The Balaban J connectivity index is 2.11. The van der Waals surface area contributed by atoms with E-state index in [4.69, 9.17) is 0 Å². The fourth-order valence-electron chi connectivity index (χ4n) is 3.16. The van der Waals surface area contributed by atoms with Crippen molar-refractivity contribution in [2.24, 2.45) is 21.8 Å². The molecule has 0 aromatic heterocycles. The topological polar surface area (TPSA) is 24.7 Å². The molecule has 0 radical (unpaired) electrons. The van der Waals surface area contributed by atoms with Gasteiger partial charge in [0.25, 0.3) is 0 Å². The lowest BCUT2D eigenvalue weighted by Gasteiger charge is -2.25. The van der Waals surface area contributed by atoms with Gasteiger partial charge in [-0.25, -0.2) is 0 Å². The summed E-state index contributed by atoms with van der Waals surface area (Å²) in [4.78, 5) is 8.99. The van der Waals surface area contributed by atoms with Crippen LogP contribution in [-0.4, -0.2) is 12.4 Å². The van der Waals surface area contributed by atoms with E-state index in [2.05, 4.69) is 54.2 Å². The molecule has 112 valence electrons. The first-order chi connectivity index (χ1) is 10.3. The van der Waals surface area contributed by atoms with Crippen LogP contribution in [0.25, 0.3) is 0 Å². The van der Waals surface area contributed by atoms with Crippen LogP contribution in [0.2, 0.25) is 0 Å². The van der Waals surface area contributed by atoms with Crippen molar-refractivity contribution in [2.75, 3.05) is 0 Å². The van der Waals surface area contributed by atoms with Crippen LogP contribution in [0.4, 0.5) is 0 Å². The highest BCUT2D eigenvalue weighted by Gasteiger charge is 2.34. The van der Waals surface area contributed by atoms with Crippen molar-refractivity contribution < 1.29 is 0 Å². The summed E-state index contributed by atoms with van der Waals surface area (Å²) < 4.78 is 0. The van der Waals surface area contributed by atoms with Crippen LogP contribution in [-0.2, 0) is 6.42 Å². The van der Waals surface area contributed by atoms with E-state index in [9.17, 15) is 0 Å². The summed E-state index contributed by atoms with van der Waals surface area (Å²) in [6.07, 6.45) is 12.0. The number of hydrogen-bond acceptors (Lipinski definition) is 2. The molecule has 1 heterocycles. The molecule has 0 saturated carbocycles. The number of rotatable bonds is 9. The fraction of sp³-hybridized carbons (Fsp3) is 0.526. The van der Waals surface area contributed by atoms with E-state index < -0.39 is 0 Å². The van der Waals surface area contributed by atoms with Crippen molar-refractivity contribution in [1.29, 1.82) is 0 Å². The van der Waals surface area contributed by atoms with Gasteiger partial charge in [0.1, 0.15) is 0 Å². The molecule has 0 fully saturated rings. The minimum absolute atomic E-state index is 0.497. The van der Waals surface area contributed by atoms with E-state index >= 15 is 0 Å². The van der Waals surface area contributed by atoms with E-state index in [0.29, 0.717) is 11.8 Å². The summed E-state index contributed by atoms with van der Waals surface area (Å²) in [6.45, 7) is 4.53. The van der Waals surface area contributed by atoms with Gasteiger partial charge < -0.3 is 0 Å². The normalized spacial score (nSPS) is 16.4. The zero-order chi connectivity index (χ0) is 14.9. The van der Waals surface area contributed by atoms with Crippen molar-refractivity contribution in [3.63, 3.8) is 0 Å². The van der Waals surface area contributed by atoms with E-state index in [1.165, 1.54) is 37.7 Å². The van der Waals surface area contributed by atoms with Gasteiger partial charge in [0.15, 0.2) is 12.4 Å². The van der Waals surface area contributed by atoms with Crippen LogP contribution in [0.1, 0.15) is 51.5 Å². The standard InChI is InChI=1S/C19H27N2/c1-3-5-12-17(15-16-10-7-6-8-11-16)18(9-4-2)19-20-13-14-21-19/h6-8,10-11,13-14,17-18H,3-5,9,12,15H2,1-2H3/q+1. The Hall–Kier alpha value is -1.57. The molecular weight excluding hydrogens is 256 g/mol. The van der Waals surface area contributed by atoms with Crippen LogP contribution in [0.5, 0.6) is 0 Å². The lowest BCUT2D eigenvalue weighted by Crippen LogP contribution is -2.22. The average molecular weight is 283 g/mol. The van der Waals surface area contributed by atoms with Gasteiger partial charge in [-0.05, 0) is 30.7 Å². The Bertz CT molecular complexity index is 438. The summed E-state index contributed by atoms with van der Waals surface area (Å²) in [5.74, 6) is 1.14. The molecule has 1 aromatic rings. The Morgan fingerprint density at radius 1 is 0.952 bits per heavy atom. The van der Waals surface area contributed by atoms with Gasteiger partial charge in [0.05, 0.1) is 5.92 Å². The third kappa shape index (κ3) is 4.73. The van der Waals surface area contributed by atoms with Crippen LogP contribution in [0, 0.1) is 18.0 Å². The molecule has 2 nitrogen and oxygen atoms in total. The fourth-order valence-corrected chi connectivity index (χ4v) is 3.16. The summed E-state index contributed by atoms with van der Waals surface area (Å²) in [6, 6.07) is 10.9. The highest BCUT2D eigenvalue weighted by Crippen LogP contribution is 2.36. The third-order valence-electron chi connectivity index (χ3n) is 4.25. The first-order valence-corrected chi connectivity index (χ1v) is 8.32. The van der Waals surface area contributed by atoms with E-state index in [1.807, 2.05) is 12.4 Å². The molecule has 21 heavy (non-hydrogen) atoms. The van der Waals surface area contributed by atoms with E-state index in [-0.39, 0.29) is 0 Å². The van der Waals surface area contributed by atoms with Gasteiger partial charge in [0.2, 0.25) is 6.17 Å². The zero-order valence-corrected chi connectivity index (χ0v) is 13.3. The van der Waals surface area contributed by atoms with Gasteiger partial charge in [0, 0.05) is 0 Å². The number of unbranched alkanes of at least 4 members (excludes halogenated alkanes) is 1. The van der Waals surface area contributed by atoms with E-state index in [1.54, 1.807) is 0 Å². The third-order valence-corrected chi connectivity index (χ3v) is 4.25. The summed E-state index contributed by atoms with van der Waals surface area (Å²) in [5, 5.41) is 0. The van der Waals surface area contributed by atoms with Crippen LogP contribution < -0.4 is 0 Å². The molecule has 0 saturated heterocycles. The Morgan fingerprint density at radius 3 is 2.29 bits per heavy atom. The quantitative estimate of drug-likeness (QED) is 0.563. The minimum atomic E-state index is 0.497. The molecule has 2 heteroatoms. The van der Waals surface area contributed by atoms with Crippen molar-refractivity contribution in [3.05, 3.63) is 42.1 Å². The Kier molecular flexibility index (Phi) is 6.52. The predicted molar refractivity (Wildman–Crippen MR) is 91.8 cm³/mol. The zero-order valence-electron chi connectivity index (χ0n) is 13.3. The van der Waals surface area contributed by atoms with Crippen LogP contribution in [0.3, 0.4) is 0 Å². The largest absolute Gasteiger partial charge is 0.244 e. The SMILES string of the molecule is CCCCC(Cc1ccccc1)C(CCC)[C+]1N=CC=N1. The number of hydrogen-bond donors (Lipinski definition) is 0. The molecule has 0 bridgehead atoms. The maximum atomic E-state index is 4.49. The molecule has 0 aliphatic carbocycles. The second kappa shape index (κ2) is 8.66. The molecule has 2 rings (SSSR count). The molecule has 2 atom stereocenters. The van der Waals surface area contributed by atoms with Crippen molar-refractivity contribution in [1.82, 2.24) is 0 Å². The first kappa shape index (κ1) is 15.8. The molecule has 1 aromatic carbocycles. The Morgan fingerprint density at radius 2 is 1.67 bits per heavy atom. The van der Waals surface area contributed by atoms with Crippen molar-refractivity contribution in [2.45, 2.75) is 52.4 Å². The smallest absolute Gasteiger partial charge is 0.0965 e. The Labute approximate surface area is 129 Å². The predicted octanol–water partition coefficient (Wildman–Crippen LogP) is 5.10. The van der Waals surface area contributed by atoms with Crippen LogP contribution >= 0.6 is 0 Å². The molecule has 0 amide bonds.